The Balaban J connectivity index is 2.12. The Hall–Kier alpha value is -1.81. The maximum Gasteiger partial charge on any atom is 0.410 e. The van der Waals surface area contributed by atoms with Gasteiger partial charge >= 0.3 is 6.09 Å². The number of amides is 1. The van der Waals surface area contributed by atoms with Gasteiger partial charge in [-0.1, -0.05) is 37.3 Å². The van der Waals surface area contributed by atoms with Crippen molar-refractivity contribution in [3.8, 4) is 0 Å². The molecule has 2 rings (SSSR count). The first-order chi connectivity index (χ1) is 10.8. The highest BCUT2D eigenvalue weighted by atomic mass is 16.6. The van der Waals surface area contributed by atoms with Crippen LogP contribution < -0.4 is 0 Å². The summed E-state index contributed by atoms with van der Waals surface area (Å²) < 4.78 is 5.42. The quantitative estimate of drug-likeness (QED) is 0.911. The van der Waals surface area contributed by atoms with Gasteiger partial charge in [-0.2, -0.15) is 0 Å². The van der Waals surface area contributed by atoms with E-state index in [1.165, 1.54) is 5.57 Å². The molecule has 4 nitrogen and oxygen atoms in total. The maximum atomic E-state index is 12.1. The number of ether oxygens (including phenoxy) is 1. The molecule has 0 spiro atoms. The molecule has 0 aliphatic carbocycles. The van der Waals surface area contributed by atoms with E-state index in [2.05, 4.69) is 6.08 Å². The molecule has 23 heavy (non-hydrogen) atoms. The van der Waals surface area contributed by atoms with E-state index in [1.807, 2.05) is 52.0 Å². The van der Waals surface area contributed by atoms with Crippen LogP contribution in [0.1, 0.15) is 57.8 Å². The van der Waals surface area contributed by atoms with E-state index in [1.54, 1.807) is 4.90 Å². The van der Waals surface area contributed by atoms with Crippen molar-refractivity contribution in [3.05, 3.63) is 41.5 Å². The minimum atomic E-state index is -0.473. The van der Waals surface area contributed by atoms with Crippen LogP contribution in [0.3, 0.4) is 0 Å². The topological polar surface area (TPSA) is 49.8 Å². The Kier molecular flexibility index (Phi) is 5.47. The normalized spacial score (nSPS) is 16.7. The number of carbonyl (C=O) groups is 1. The van der Waals surface area contributed by atoms with E-state index in [9.17, 15) is 9.90 Å². The number of nitrogens with zero attached hydrogens (tertiary/aromatic N) is 1. The molecule has 0 fully saturated rings. The largest absolute Gasteiger partial charge is 0.444 e. The van der Waals surface area contributed by atoms with Crippen molar-refractivity contribution >= 4 is 11.7 Å². The monoisotopic (exact) mass is 317 g/mol. The van der Waals surface area contributed by atoms with Crippen molar-refractivity contribution in [2.24, 2.45) is 0 Å². The van der Waals surface area contributed by atoms with Gasteiger partial charge in [0, 0.05) is 13.1 Å². The summed E-state index contributed by atoms with van der Waals surface area (Å²) in [7, 11) is 0. The molecule has 1 unspecified atom stereocenters. The van der Waals surface area contributed by atoms with Gasteiger partial charge in [0.1, 0.15) is 5.60 Å². The van der Waals surface area contributed by atoms with Crippen LogP contribution in [-0.4, -0.2) is 34.8 Å². The highest BCUT2D eigenvalue weighted by Gasteiger charge is 2.24. The van der Waals surface area contributed by atoms with Gasteiger partial charge in [0.25, 0.3) is 0 Å². The molecular weight excluding hydrogens is 290 g/mol. The summed E-state index contributed by atoms with van der Waals surface area (Å²) in [6.45, 7) is 8.77. The van der Waals surface area contributed by atoms with Gasteiger partial charge in [-0.05, 0) is 50.3 Å². The van der Waals surface area contributed by atoms with E-state index >= 15 is 0 Å². The average Bonchev–Trinajstić information content (AvgIpc) is 2.52. The number of rotatable bonds is 3. The van der Waals surface area contributed by atoms with Crippen molar-refractivity contribution in [3.63, 3.8) is 0 Å². The van der Waals surface area contributed by atoms with Crippen LogP contribution >= 0.6 is 0 Å². The number of benzene rings is 1. The molecule has 0 aromatic heterocycles. The fraction of sp³-hybridized carbons (Fsp3) is 0.526. The molecule has 1 atom stereocenters. The molecule has 1 heterocycles. The zero-order valence-electron chi connectivity index (χ0n) is 14.5. The minimum Gasteiger partial charge on any atom is -0.444 e. The van der Waals surface area contributed by atoms with Gasteiger partial charge in [0.05, 0.1) is 6.10 Å². The van der Waals surface area contributed by atoms with Crippen molar-refractivity contribution < 1.29 is 14.6 Å². The predicted octanol–water partition coefficient (Wildman–Crippen LogP) is 4.15. The molecule has 0 saturated carbocycles. The number of hydrogen-bond donors (Lipinski definition) is 1. The Morgan fingerprint density at radius 1 is 1.35 bits per heavy atom. The molecule has 1 aromatic carbocycles. The summed E-state index contributed by atoms with van der Waals surface area (Å²) in [6.07, 6.45) is 2.81. The third-order valence-electron chi connectivity index (χ3n) is 3.91. The van der Waals surface area contributed by atoms with Crippen LogP contribution in [0.25, 0.3) is 5.57 Å². The van der Waals surface area contributed by atoms with Crippen LogP contribution in [0.2, 0.25) is 0 Å². The summed E-state index contributed by atoms with van der Waals surface area (Å²) in [5.41, 5.74) is 2.77. The smallest absolute Gasteiger partial charge is 0.410 e. The Morgan fingerprint density at radius 3 is 2.61 bits per heavy atom. The molecule has 1 aliphatic heterocycles. The highest BCUT2D eigenvalue weighted by molar-refractivity contribution is 5.74. The van der Waals surface area contributed by atoms with Crippen molar-refractivity contribution in [2.45, 2.75) is 52.2 Å². The molecule has 1 amide bonds. The minimum absolute atomic E-state index is 0.269. The third kappa shape index (κ3) is 4.58. The predicted molar refractivity (Wildman–Crippen MR) is 92.1 cm³/mol. The lowest BCUT2D eigenvalue weighted by atomic mass is 9.92. The van der Waals surface area contributed by atoms with Crippen LogP contribution in [0.15, 0.2) is 30.3 Å². The molecule has 0 bridgehead atoms. The van der Waals surface area contributed by atoms with E-state index < -0.39 is 11.7 Å². The second-order valence-electron chi connectivity index (χ2n) is 6.92. The van der Waals surface area contributed by atoms with E-state index in [-0.39, 0.29) is 6.09 Å². The van der Waals surface area contributed by atoms with Crippen LogP contribution in [-0.2, 0) is 4.74 Å². The summed E-state index contributed by atoms with van der Waals surface area (Å²) >= 11 is 0. The fourth-order valence-corrected chi connectivity index (χ4v) is 2.71. The zero-order chi connectivity index (χ0) is 17.0. The number of carbonyl (C=O) groups excluding carboxylic acids is 1. The third-order valence-corrected chi connectivity index (χ3v) is 3.91. The van der Waals surface area contributed by atoms with Crippen LogP contribution in [0.4, 0.5) is 4.79 Å². The molecule has 1 aliphatic rings. The van der Waals surface area contributed by atoms with E-state index in [0.717, 1.165) is 17.5 Å². The number of aliphatic hydroxyl groups is 1. The number of hydrogen-bond acceptors (Lipinski definition) is 3. The molecule has 0 radical (unpaired) electrons. The molecular formula is C19H27NO3. The summed E-state index contributed by atoms with van der Waals surface area (Å²) in [5.74, 6) is 0. The van der Waals surface area contributed by atoms with Crippen LogP contribution in [0, 0.1) is 0 Å². The van der Waals surface area contributed by atoms with Gasteiger partial charge < -0.3 is 14.7 Å². The average molecular weight is 317 g/mol. The first-order valence-corrected chi connectivity index (χ1v) is 8.26. The molecule has 1 aromatic rings. The molecule has 126 valence electrons. The standard InChI is InChI=1S/C19H27NO3/c1-5-17(21)16-9-7-6-8-15(16)14-10-12-20(13-11-14)18(22)23-19(2,3)4/h6-10,17,21H,5,11-13H2,1-4H3. The van der Waals surface area contributed by atoms with Gasteiger partial charge in [-0.25, -0.2) is 4.79 Å². The summed E-state index contributed by atoms with van der Waals surface area (Å²) in [5, 5.41) is 10.2. The Labute approximate surface area is 138 Å². The molecule has 0 saturated heterocycles. The lowest BCUT2D eigenvalue weighted by Gasteiger charge is -2.30. The van der Waals surface area contributed by atoms with Gasteiger partial charge in [0.2, 0.25) is 0 Å². The SMILES string of the molecule is CCC(O)c1ccccc1C1=CCN(C(=O)OC(C)(C)C)CC1. The first-order valence-electron chi connectivity index (χ1n) is 8.26. The van der Waals surface area contributed by atoms with E-state index in [0.29, 0.717) is 19.5 Å². The van der Waals surface area contributed by atoms with Crippen molar-refractivity contribution in [2.75, 3.05) is 13.1 Å². The number of aliphatic hydroxyl groups excluding tert-OH is 1. The molecule has 4 heteroatoms. The summed E-state index contributed by atoms with van der Waals surface area (Å²) in [4.78, 5) is 13.8. The maximum absolute atomic E-state index is 12.1. The van der Waals surface area contributed by atoms with Crippen molar-refractivity contribution in [1.82, 2.24) is 4.90 Å². The first kappa shape index (κ1) is 17.5. The second kappa shape index (κ2) is 7.18. The molecule has 1 N–H and O–H groups in total. The summed E-state index contributed by atoms with van der Waals surface area (Å²) in [6, 6.07) is 7.96. The zero-order valence-corrected chi connectivity index (χ0v) is 14.5. The fourth-order valence-electron chi connectivity index (χ4n) is 2.71. The lowest BCUT2D eigenvalue weighted by molar-refractivity contribution is 0.0270. The lowest BCUT2D eigenvalue weighted by Crippen LogP contribution is -2.39. The Bertz CT molecular complexity index is 587. The van der Waals surface area contributed by atoms with Crippen LogP contribution in [0.5, 0.6) is 0 Å². The van der Waals surface area contributed by atoms with Gasteiger partial charge in [-0.15, -0.1) is 0 Å². The highest BCUT2D eigenvalue weighted by Crippen LogP contribution is 2.30. The van der Waals surface area contributed by atoms with Crippen molar-refractivity contribution in [1.29, 1.82) is 0 Å². The van der Waals surface area contributed by atoms with Gasteiger partial charge in [-0.3, -0.25) is 0 Å². The second-order valence-corrected chi connectivity index (χ2v) is 6.92. The van der Waals surface area contributed by atoms with E-state index in [4.69, 9.17) is 4.74 Å². The Morgan fingerprint density at radius 2 is 2.04 bits per heavy atom. The van der Waals surface area contributed by atoms with Gasteiger partial charge in [0.15, 0.2) is 0 Å².